The summed E-state index contributed by atoms with van der Waals surface area (Å²) >= 11 is 0. The summed E-state index contributed by atoms with van der Waals surface area (Å²) in [6.45, 7) is 10.4. The Labute approximate surface area is 109 Å². The summed E-state index contributed by atoms with van der Waals surface area (Å²) in [5.41, 5.74) is 0. The van der Waals surface area contributed by atoms with E-state index in [4.69, 9.17) is 0 Å². The van der Waals surface area contributed by atoms with Crippen LogP contribution < -0.4 is 10.6 Å². The number of imidazole rings is 1. The SMILES string of the molecule is C=CCNC(=NC)NCc1nccn1CC(C)C. The standard InChI is InChI=1S/C13H23N5/c1-5-6-16-13(14-4)17-9-12-15-7-8-18(12)10-11(2)3/h5,7-8,11H,1,6,9-10H2,2-4H3,(H2,14,16,17). The Morgan fingerprint density at radius 2 is 2.33 bits per heavy atom. The zero-order valence-corrected chi connectivity index (χ0v) is 11.5. The van der Waals surface area contributed by atoms with Crippen molar-refractivity contribution in [2.45, 2.75) is 26.9 Å². The second kappa shape index (κ2) is 7.53. The van der Waals surface area contributed by atoms with Crippen LogP contribution in [-0.4, -0.2) is 29.1 Å². The molecular weight excluding hydrogens is 226 g/mol. The quantitative estimate of drug-likeness (QED) is 0.455. The van der Waals surface area contributed by atoms with Crippen molar-refractivity contribution >= 4 is 5.96 Å². The summed E-state index contributed by atoms with van der Waals surface area (Å²) in [7, 11) is 1.75. The normalized spacial score (nSPS) is 11.7. The van der Waals surface area contributed by atoms with E-state index in [1.807, 2.05) is 12.4 Å². The van der Waals surface area contributed by atoms with Crippen molar-refractivity contribution in [3.05, 3.63) is 30.9 Å². The molecule has 100 valence electrons. The van der Waals surface area contributed by atoms with Crippen molar-refractivity contribution in [3.63, 3.8) is 0 Å². The predicted molar refractivity (Wildman–Crippen MR) is 75.5 cm³/mol. The molecule has 0 aliphatic carbocycles. The van der Waals surface area contributed by atoms with Crippen LogP contribution in [0.1, 0.15) is 19.7 Å². The van der Waals surface area contributed by atoms with E-state index in [1.165, 1.54) is 0 Å². The zero-order chi connectivity index (χ0) is 13.4. The number of nitrogens with one attached hydrogen (secondary N) is 2. The Balaban J connectivity index is 2.52. The van der Waals surface area contributed by atoms with E-state index in [2.05, 4.69) is 45.6 Å². The summed E-state index contributed by atoms with van der Waals surface area (Å²) in [6.07, 6.45) is 5.64. The van der Waals surface area contributed by atoms with Gasteiger partial charge in [-0.15, -0.1) is 6.58 Å². The van der Waals surface area contributed by atoms with Gasteiger partial charge in [-0.1, -0.05) is 19.9 Å². The Kier molecular flexibility index (Phi) is 5.97. The van der Waals surface area contributed by atoms with E-state index >= 15 is 0 Å². The lowest BCUT2D eigenvalue weighted by atomic mass is 10.2. The first-order valence-electron chi connectivity index (χ1n) is 6.22. The molecule has 1 aromatic heterocycles. The van der Waals surface area contributed by atoms with E-state index in [0.717, 1.165) is 18.3 Å². The molecule has 2 N–H and O–H groups in total. The van der Waals surface area contributed by atoms with Gasteiger partial charge in [-0.2, -0.15) is 0 Å². The first kappa shape index (κ1) is 14.3. The highest BCUT2D eigenvalue weighted by Crippen LogP contribution is 2.03. The van der Waals surface area contributed by atoms with Crippen molar-refractivity contribution in [1.29, 1.82) is 0 Å². The van der Waals surface area contributed by atoms with Crippen LogP contribution in [-0.2, 0) is 13.1 Å². The molecule has 0 amide bonds. The molecule has 0 aromatic carbocycles. The smallest absolute Gasteiger partial charge is 0.191 e. The highest BCUT2D eigenvalue weighted by atomic mass is 15.2. The second-order valence-corrected chi connectivity index (χ2v) is 4.49. The van der Waals surface area contributed by atoms with Crippen LogP contribution in [0, 0.1) is 5.92 Å². The fourth-order valence-corrected chi connectivity index (χ4v) is 1.62. The van der Waals surface area contributed by atoms with Gasteiger partial charge in [0.25, 0.3) is 0 Å². The van der Waals surface area contributed by atoms with E-state index in [-0.39, 0.29) is 0 Å². The van der Waals surface area contributed by atoms with E-state index in [1.54, 1.807) is 13.1 Å². The maximum Gasteiger partial charge on any atom is 0.191 e. The molecule has 0 fully saturated rings. The zero-order valence-electron chi connectivity index (χ0n) is 11.5. The average molecular weight is 249 g/mol. The lowest BCUT2D eigenvalue weighted by molar-refractivity contribution is 0.503. The summed E-state index contributed by atoms with van der Waals surface area (Å²) < 4.78 is 2.17. The van der Waals surface area contributed by atoms with Crippen LogP contribution in [0.15, 0.2) is 30.0 Å². The van der Waals surface area contributed by atoms with E-state index in [9.17, 15) is 0 Å². The van der Waals surface area contributed by atoms with Gasteiger partial charge in [0, 0.05) is 32.5 Å². The first-order chi connectivity index (χ1) is 8.67. The molecule has 0 saturated heterocycles. The third-order valence-corrected chi connectivity index (χ3v) is 2.41. The van der Waals surface area contributed by atoms with Crippen molar-refractivity contribution in [2.75, 3.05) is 13.6 Å². The highest BCUT2D eigenvalue weighted by Gasteiger charge is 2.05. The molecule has 0 aliphatic heterocycles. The van der Waals surface area contributed by atoms with Crippen LogP contribution >= 0.6 is 0 Å². The van der Waals surface area contributed by atoms with E-state index < -0.39 is 0 Å². The minimum absolute atomic E-state index is 0.608. The molecule has 0 radical (unpaired) electrons. The molecule has 0 aliphatic rings. The summed E-state index contributed by atoms with van der Waals surface area (Å²) in [4.78, 5) is 8.48. The second-order valence-electron chi connectivity index (χ2n) is 4.49. The summed E-state index contributed by atoms with van der Waals surface area (Å²) in [5, 5.41) is 6.35. The van der Waals surface area contributed by atoms with Gasteiger partial charge in [0.2, 0.25) is 0 Å². The molecular formula is C13H23N5. The van der Waals surface area contributed by atoms with Gasteiger partial charge in [-0.05, 0) is 5.92 Å². The monoisotopic (exact) mass is 249 g/mol. The van der Waals surface area contributed by atoms with Crippen molar-refractivity contribution in [3.8, 4) is 0 Å². The van der Waals surface area contributed by atoms with Gasteiger partial charge in [-0.25, -0.2) is 4.98 Å². The molecule has 0 unspecified atom stereocenters. The fourth-order valence-electron chi connectivity index (χ4n) is 1.62. The molecule has 1 aromatic rings. The molecule has 1 rings (SSSR count). The Morgan fingerprint density at radius 1 is 1.56 bits per heavy atom. The predicted octanol–water partition coefficient (Wildman–Crippen LogP) is 1.39. The number of guanidine groups is 1. The molecule has 0 atom stereocenters. The number of hydrogen-bond donors (Lipinski definition) is 2. The number of aromatic nitrogens is 2. The van der Waals surface area contributed by atoms with Gasteiger partial charge in [0.05, 0.1) is 6.54 Å². The van der Waals surface area contributed by atoms with Gasteiger partial charge >= 0.3 is 0 Å². The third-order valence-electron chi connectivity index (χ3n) is 2.41. The topological polar surface area (TPSA) is 54.2 Å². The molecule has 5 heteroatoms. The largest absolute Gasteiger partial charge is 0.353 e. The van der Waals surface area contributed by atoms with Crippen LogP contribution in [0.2, 0.25) is 0 Å². The fraction of sp³-hybridized carbons (Fsp3) is 0.538. The summed E-state index contributed by atoms with van der Waals surface area (Å²) in [5.74, 6) is 2.38. The van der Waals surface area contributed by atoms with Crippen LogP contribution in [0.25, 0.3) is 0 Å². The van der Waals surface area contributed by atoms with Crippen LogP contribution in [0.4, 0.5) is 0 Å². The van der Waals surface area contributed by atoms with Crippen LogP contribution in [0.5, 0.6) is 0 Å². The Morgan fingerprint density at radius 3 is 2.94 bits per heavy atom. The maximum absolute atomic E-state index is 4.35. The lowest BCUT2D eigenvalue weighted by Gasteiger charge is -2.13. The lowest BCUT2D eigenvalue weighted by Crippen LogP contribution is -2.37. The van der Waals surface area contributed by atoms with Gasteiger partial charge in [-0.3, -0.25) is 4.99 Å². The average Bonchev–Trinajstić information content (AvgIpc) is 2.76. The molecule has 0 bridgehead atoms. The summed E-state index contributed by atoms with van der Waals surface area (Å²) in [6, 6.07) is 0. The van der Waals surface area contributed by atoms with Crippen molar-refractivity contribution < 1.29 is 0 Å². The number of rotatable bonds is 6. The number of hydrogen-bond acceptors (Lipinski definition) is 2. The minimum Gasteiger partial charge on any atom is -0.353 e. The van der Waals surface area contributed by atoms with Crippen molar-refractivity contribution in [2.24, 2.45) is 10.9 Å². The Bertz CT molecular complexity index is 392. The van der Waals surface area contributed by atoms with E-state index in [0.29, 0.717) is 19.0 Å². The minimum atomic E-state index is 0.608. The van der Waals surface area contributed by atoms with Gasteiger partial charge < -0.3 is 15.2 Å². The maximum atomic E-state index is 4.35. The van der Waals surface area contributed by atoms with Gasteiger partial charge in [0.15, 0.2) is 5.96 Å². The molecule has 1 heterocycles. The van der Waals surface area contributed by atoms with Crippen molar-refractivity contribution in [1.82, 2.24) is 20.2 Å². The van der Waals surface area contributed by atoms with Crippen LogP contribution in [0.3, 0.4) is 0 Å². The molecule has 0 spiro atoms. The number of aliphatic imine (C=N–C) groups is 1. The third kappa shape index (κ3) is 4.61. The van der Waals surface area contributed by atoms with Gasteiger partial charge in [0.1, 0.15) is 5.82 Å². The number of nitrogens with zero attached hydrogens (tertiary/aromatic N) is 3. The molecule has 0 saturated carbocycles. The molecule has 5 nitrogen and oxygen atoms in total. The Hall–Kier alpha value is -1.78. The highest BCUT2D eigenvalue weighted by molar-refractivity contribution is 5.79. The molecule has 18 heavy (non-hydrogen) atoms. The first-order valence-corrected chi connectivity index (χ1v) is 6.22.